The summed E-state index contributed by atoms with van der Waals surface area (Å²) in [5.74, 6) is 1.60. The third-order valence-corrected chi connectivity index (χ3v) is 2.60. The topological polar surface area (TPSA) is 38.5 Å². The van der Waals surface area contributed by atoms with Crippen LogP contribution in [0.2, 0.25) is 0 Å². The van der Waals surface area contributed by atoms with Gasteiger partial charge in [-0.05, 0) is 19.0 Å². The van der Waals surface area contributed by atoms with Crippen molar-refractivity contribution in [3.8, 4) is 5.75 Å². The van der Waals surface area contributed by atoms with Crippen LogP contribution in [0.5, 0.6) is 5.75 Å². The van der Waals surface area contributed by atoms with Gasteiger partial charge in [-0.15, -0.1) is 0 Å². The first-order chi connectivity index (χ1) is 8.13. The summed E-state index contributed by atoms with van der Waals surface area (Å²) in [6.45, 7) is 7.72. The van der Waals surface area contributed by atoms with Gasteiger partial charge in [0.25, 0.3) is 0 Å². The number of ether oxygens (including phenoxy) is 1. The number of nitrogens with zero attached hydrogens (tertiary/aromatic N) is 1. The van der Waals surface area contributed by atoms with Crippen molar-refractivity contribution in [2.75, 3.05) is 26.7 Å². The minimum Gasteiger partial charge on any atom is -0.492 e. The molecule has 1 aromatic rings. The zero-order valence-corrected chi connectivity index (χ0v) is 11.1. The molecule has 3 nitrogen and oxygen atoms in total. The molecule has 0 radical (unpaired) electrons. The first-order valence-electron chi connectivity index (χ1n) is 6.22. The van der Waals surface area contributed by atoms with E-state index in [1.165, 1.54) is 0 Å². The lowest BCUT2D eigenvalue weighted by atomic mass is 10.2. The minimum atomic E-state index is 0.526. The number of likely N-dealkylation sites (N-methyl/N-ethyl adjacent to an activating group) is 1. The molecule has 0 aliphatic rings. The van der Waals surface area contributed by atoms with E-state index in [4.69, 9.17) is 10.5 Å². The maximum Gasteiger partial charge on any atom is 0.123 e. The van der Waals surface area contributed by atoms with E-state index in [-0.39, 0.29) is 0 Å². The second-order valence-corrected chi connectivity index (χ2v) is 4.82. The molecule has 1 rings (SSSR count). The summed E-state index contributed by atoms with van der Waals surface area (Å²) in [4.78, 5) is 2.29. The molecule has 2 N–H and O–H groups in total. The van der Waals surface area contributed by atoms with Crippen molar-refractivity contribution < 1.29 is 4.74 Å². The Balaban J connectivity index is 2.35. The molecule has 0 saturated heterocycles. The van der Waals surface area contributed by atoms with Gasteiger partial charge in [0.15, 0.2) is 0 Å². The Labute approximate surface area is 105 Å². The lowest BCUT2D eigenvalue weighted by Crippen LogP contribution is -2.28. The maximum atomic E-state index is 5.76. The van der Waals surface area contributed by atoms with Crippen LogP contribution in [0.1, 0.15) is 19.4 Å². The number of rotatable bonds is 7. The van der Waals surface area contributed by atoms with E-state index < -0.39 is 0 Å². The minimum absolute atomic E-state index is 0.526. The van der Waals surface area contributed by atoms with Gasteiger partial charge in [0, 0.05) is 25.2 Å². The first-order valence-corrected chi connectivity index (χ1v) is 6.22. The highest BCUT2D eigenvalue weighted by atomic mass is 16.5. The molecule has 0 fully saturated rings. The zero-order valence-electron chi connectivity index (χ0n) is 11.1. The standard InChI is InChI=1S/C14H24N2O/c1-12(2)11-16(3)8-9-17-14-7-5-4-6-13(14)10-15/h4-7,12H,8-11,15H2,1-3H3. The molecular formula is C14H24N2O. The van der Waals surface area contributed by atoms with E-state index >= 15 is 0 Å². The maximum absolute atomic E-state index is 5.76. The number of para-hydroxylation sites is 1. The van der Waals surface area contributed by atoms with Gasteiger partial charge in [-0.3, -0.25) is 0 Å². The van der Waals surface area contributed by atoms with E-state index in [1.807, 2.05) is 24.3 Å². The number of hydrogen-bond acceptors (Lipinski definition) is 3. The monoisotopic (exact) mass is 236 g/mol. The van der Waals surface area contributed by atoms with E-state index in [2.05, 4.69) is 25.8 Å². The van der Waals surface area contributed by atoms with Gasteiger partial charge >= 0.3 is 0 Å². The van der Waals surface area contributed by atoms with Crippen LogP contribution in [-0.2, 0) is 6.54 Å². The summed E-state index contributed by atoms with van der Waals surface area (Å²) in [7, 11) is 2.12. The van der Waals surface area contributed by atoms with Crippen molar-refractivity contribution in [2.24, 2.45) is 11.7 Å². The van der Waals surface area contributed by atoms with Crippen LogP contribution >= 0.6 is 0 Å². The average Bonchev–Trinajstić information content (AvgIpc) is 2.28. The van der Waals surface area contributed by atoms with E-state index in [1.54, 1.807) is 0 Å². The molecule has 17 heavy (non-hydrogen) atoms. The highest BCUT2D eigenvalue weighted by Crippen LogP contribution is 2.16. The second kappa shape index (κ2) is 7.30. The van der Waals surface area contributed by atoms with Gasteiger partial charge in [-0.1, -0.05) is 32.0 Å². The lowest BCUT2D eigenvalue weighted by molar-refractivity contribution is 0.221. The molecule has 3 heteroatoms. The van der Waals surface area contributed by atoms with Gasteiger partial charge in [0.1, 0.15) is 12.4 Å². The zero-order chi connectivity index (χ0) is 12.7. The summed E-state index contributed by atoms with van der Waals surface area (Å²) in [5.41, 5.74) is 6.73. The third-order valence-electron chi connectivity index (χ3n) is 2.60. The highest BCUT2D eigenvalue weighted by molar-refractivity contribution is 5.32. The van der Waals surface area contributed by atoms with Crippen molar-refractivity contribution in [3.05, 3.63) is 29.8 Å². The van der Waals surface area contributed by atoms with Crippen molar-refractivity contribution in [1.29, 1.82) is 0 Å². The van der Waals surface area contributed by atoms with E-state index in [9.17, 15) is 0 Å². The first kappa shape index (κ1) is 14.0. The van der Waals surface area contributed by atoms with Crippen LogP contribution < -0.4 is 10.5 Å². The van der Waals surface area contributed by atoms with Crippen LogP contribution in [0, 0.1) is 5.92 Å². The van der Waals surface area contributed by atoms with Gasteiger partial charge in [-0.2, -0.15) is 0 Å². The van der Waals surface area contributed by atoms with E-state index in [0.717, 1.165) is 24.4 Å². The molecule has 0 heterocycles. The molecule has 0 saturated carbocycles. The Kier molecular flexibility index (Phi) is 6.01. The average molecular weight is 236 g/mol. The molecular weight excluding hydrogens is 212 g/mol. The molecule has 0 aromatic heterocycles. The fraction of sp³-hybridized carbons (Fsp3) is 0.571. The van der Waals surface area contributed by atoms with Gasteiger partial charge in [-0.25, -0.2) is 0 Å². The van der Waals surface area contributed by atoms with Crippen LogP contribution in [-0.4, -0.2) is 31.6 Å². The Hall–Kier alpha value is -1.06. The van der Waals surface area contributed by atoms with Crippen LogP contribution in [0.3, 0.4) is 0 Å². The summed E-state index contributed by atoms with van der Waals surface area (Å²) in [6, 6.07) is 7.95. The third kappa shape index (κ3) is 5.20. The summed E-state index contributed by atoms with van der Waals surface area (Å²) < 4.78 is 5.76. The smallest absolute Gasteiger partial charge is 0.123 e. The summed E-state index contributed by atoms with van der Waals surface area (Å²) in [5, 5.41) is 0. The molecule has 0 spiro atoms. The molecule has 0 bridgehead atoms. The Morgan fingerprint density at radius 3 is 2.65 bits per heavy atom. The quantitative estimate of drug-likeness (QED) is 0.788. The lowest BCUT2D eigenvalue weighted by Gasteiger charge is -2.19. The second-order valence-electron chi connectivity index (χ2n) is 4.82. The SMILES string of the molecule is CC(C)CN(C)CCOc1ccccc1CN. The Morgan fingerprint density at radius 1 is 1.29 bits per heavy atom. The number of nitrogens with two attached hydrogens (primary N) is 1. The van der Waals surface area contributed by atoms with Gasteiger partial charge in [0.05, 0.1) is 0 Å². The highest BCUT2D eigenvalue weighted by Gasteiger charge is 2.03. The fourth-order valence-electron chi connectivity index (χ4n) is 1.84. The summed E-state index contributed by atoms with van der Waals surface area (Å²) in [6.07, 6.45) is 0. The van der Waals surface area contributed by atoms with Crippen LogP contribution in [0.25, 0.3) is 0 Å². The largest absolute Gasteiger partial charge is 0.492 e. The van der Waals surface area contributed by atoms with Gasteiger partial charge < -0.3 is 15.4 Å². The van der Waals surface area contributed by atoms with Gasteiger partial charge in [0.2, 0.25) is 0 Å². The van der Waals surface area contributed by atoms with E-state index in [0.29, 0.717) is 19.1 Å². The molecule has 96 valence electrons. The normalized spacial score (nSPS) is 11.2. The molecule has 0 aliphatic heterocycles. The molecule has 0 atom stereocenters. The number of hydrogen-bond donors (Lipinski definition) is 1. The summed E-state index contributed by atoms with van der Waals surface area (Å²) >= 11 is 0. The van der Waals surface area contributed by atoms with Crippen LogP contribution in [0.15, 0.2) is 24.3 Å². The van der Waals surface area contributed by atoms with Crippen molar-refractivity contribution in [3.63, 3.8) is 0 Å². The predicted octanol–water partition coefficient (Wildman–Crippen LogP) is 2.11. The Bertz CT molecular complexity index is 326. The van der Waals surface area contributed by atoms with Crippen LogP contribution in [0.4, 0.5) is 0 Å². The molecule has 0 aliphatic carbocycles. The molecule has 0 amide bonds. The fourth-order valence-corrected chi connectivity index (χ4v) is 1.84. The molecule has 1 aromatic carbocycles. The van der Waals surface area contributed by atoms with Crippen molar-refractivity contribution in [2.45, 2.75) is 20.4 Å². The predicted molar refractivity (Wildman–Crippen MR) is 72.2 cm³/mol. The Morgan fingerprint density at radius 2 is 2.00 bits per heavy atom. The number of benzene rings is 1. The molecule has 0 unspecified atom stereocenters. The van der Waals surface area contributed by atoms with Crippen molar-refractivity contribution >= 4 is 0 Å². The van der Waals surface area contributed by atoms with Crippen molar-refractivity contribution in [1.82, 2.24) is 4.90 Å².